The summed E-state index contributed by atoms with van der Waals surface area (Å²) in [4.78, 5) is 22.7. The van der Waals surface area contributed by atoms with Gasteiger partial charge in [-0.2, -0.15) is 0 Å². The molecule has 1 saturated heterocycles. The van der Waals surface area contributed by atoms with Crippen LogP contribution in [0.1, 0.15) is 19.8 Å². The number of hydrogen-bond donors (Lipinski definition) is 2. The number of amides is 1. The standard InChI is InChI=1S/C10H16N4O3S/c1-6(8(11)15)18-10-13-12-9(16)14(10)5-7-3-2-4-17-7/h6-7H,2-5H2,1H3,(H2,11,15)(H,12,16)/t6-,7+/m1/s1. The van der Waals surface area contributed by atoms with E-state index in [1.54, 1.807) is 6.92 Å². The van der Waals surface area contributed by atoms with Crippen molar-refractivity contribution in [2.45, 2.75) is 42.8 Å². The van der Waals surface area contributed by atoms with Crippen LogP contribution in [0.3, 0.4) is 0 Å². The van der Waals surface area contributed by atoms with E-state index in [4.69, 9.17) is 10.5 Å². The summed E-state index contributed by atoms with van der Waals surface area (Å²) in [6, 6.07) is 0. The number of rotatable bonds is 5. The Morgan fingerprint density at radius 3 is 3.17 bits per heavy atom. The molecule has 1 aliphatic rings. The Bertz CT molecular complexity index is 478. The lowest BCUT2D eigenvalue weighted by atomic mass is 10.2. The number of nitrogens with one attached hydrogen (secondary N) is 1. The summed E-state index contributed by atoms with van der Waals surface area (Å²) in [6.07, 6.45) is 1.99. The summed E-state index contributed by atoms with van der Waals surface area (Å²) in [6.45, 7) is 2.88. The minimum Gasteiger partial charge on any atom is -0.376 e. The molecule has 1 amide bonds. The Morgan fingerprint density at radius 2 is 2.56 bits per heavy atom. The van der Waals surface area contributed by atoms with Crippen LogP contribution in [0.5, 0.6) is 0 Å². The third-order valence-corrected chi connectivity index (χ3v) is 3.92. The topological polar surface area (TPSA) is 103 Å². The number of ether oxygens (including phenoxy) is 1. The summed E-state index contributed by atoms with van der Waals surface area (Å²) in [5.41, 5.74) is 4.91. The Morgan fingerprint density at radius 1 is 1.78 bits per heavy atom. The Labute approximate surface area is 108 Å². The molecule has 7 nitrogen and oxygen atoms in total. The molecule has 0 bridgehead atoms. The number of carbonyl (C=O) groups is 1. The van der Waals surface area contributed by atoms with Gasteiger partial charge in [-0.25, -0.2) is 9.89 Å². The summed E-state index contributed by atoms with van der Waals surface area (Å²) in [5, 5.41) is 6.34. The van der Waals surface area contributed by atoms with Crippen LogP contribution < -0.4 is 11.4 Å². The molecule has 0 unspecified atom stereocenters. The fraction of sp³-hybridized carbons (Fsp3) is 0.700. The van der Waals surface area contributed by atoms with Crippen molar-refractivity contribution >= 4 is 17.7 Å². The van der Waals surface area contributed by atoms with Crippen LogP contribution in [0.15, 0.2) is 9.95 Å². The zero-order valence-electron chi connectivity index (χ0n) is 10.1. The van der Waals surface area contributed by atoms with Crippen molar-refractivity contribution in [3.05, 3.63) is 10.5 Å². The molecule has 2 heterocycles. The fourth-order valence-corrected chi connectivity index (χ4v) is 2.58. The SMILES string of the molecule is C[C@@H](Sc1n[nH]c(=O)n1C[C@@H]1CCCO1)C(N)=O. The van der Waals surface area contributed by atoms with E-state index in [1.807, 2.05) is 0 Å². The van der Waals surface area contributed by atoms with Gasteiger partial charge in [0, 0.05) is 6.61 Å². The van der Waals surface area contributed by atoms with E-state index in [0.717, 1.165) is 19.4 Å². The number of nitrogens with zero attached hydrogens (tertiary/aromatic N) is 2. The first-order valence-corrected chi connectivity index (χ1v) is 6.68. The van der Waals surface area contributed by atoms with Crippen LogP contribution in [0.25, 0.3) is 0 Å². The predicted octanol–water partition coefficient (Wildman–Crippen LogP) is -0.284. The van der Waals surface area contributed by atoms with Gasteiger partial charge in [0.15, 0.2) is 5.16 Å². The third-order valence-electron chi connectivity index (χ3n) is 2.82. The number of hydrogen-bond acceptors (Lipinski definition) is 5. The van der Waals surface area contributed by atoms with Gasteiger partial charge in [0.05, 0.1) is 17.9 Å². The average molecular weight is 272 g/mol. The quantitative estimate of drug-likeness (QED) is 0.717. The van der Waals surface area contributed by atoms with Crippen molar-refractivity contribution in [3.8, 4) is 0 Å². The van der Waals surface area contributed by atoms with E-state index in [2.05, 4.69) is 10.2 Å². The summed E-state index contributed by atoms with van der Waals surface area (Å²) >= 11 is 1.17. The number of aromatic nitrogens is 3. The summed E-state index contributed by atoms with van der Waals surface area (Å²) < 4.78 is 6.99. The first-order valence-electron chi connectivity index (χ1n) is 5.80. The fourth-order valence-electron chi connectivity index (χ4n) is 1.76. The van der Waals surface area contributed by atoms with Gasteiger partial charge >= 0.3 is 5.69 Å². The molecule has 3 N–H and O–H groups in total. The van der Waals surface area contributed by atoms with Gasteiger partial charge in [0.1, 0.15) is 0 Å². The number of thioether (sulfide) groups is 1. The van der Waals surface area contributed by atoms with Gasteiger partial charge in [-0.1, -0.05) is 11.8 Å². The lowest BCUT2D eigenvalue weighted by Crippen LogP contribution is -2.27. The van der Waals surface area contributed by atoms with Crippen molar-refractivity contribution in [1.82, 2.24) is 14.8 Å². The van der Waals surface area contributed by atoms with E-state index < -0.39 is 11.2 Å². The lowest BCUT2D eigenvalue weighted by molar-refractivity contribution is -0.117. The van der Waals surface area contributed by atoms with Gasteiger partial charge in [-0.3, -0.25) is 9.36 Å². The van der Waals surface area contributed by atoms with E-state index in [0.29, 0.717) is 11.7 Å². The molecule has 8 heteroatoms. The molecule has 18 heavy (non-hydrogen) atoms. The molecule has 1 aliphatic heterocycles. The molecule has 1 aromatic heterocycles. The number of H-pyrrole nitrogens is 1. The van der Waals surface area contributed by atoms with E-state index in [9.17, 15) is 9.59 Å². The second kappa shape index (κ2) is 5.57. The molecular formula is C10H16N4O3S. The first kappa shape index (κ1) is 13.2. The summed E-state index contributed by atoms with van der Waals surface area (Å²) in [7, 11) is 0. The van der Waals surface area contributed by atoms with Gasteiger partial charge in [-0.05, 0) is 19.8 Å². The van der Waals surface area contributed by atoms with Gasteiger partial charge in [0.25, 0.3) is 0 Å². The molecule has 0 saturated carbocycles. The average Bonchev–Trinajstić information content (AvgIpc) is 2.93. The number of nitrogens with two attached hydrogens (primary N) is 1. The van der Waals surface area contributed by atoms with Crippen LogP contribution in [-0.4, -0.2) is 38.6 Å². The Hall–Kier alpha value is -1.28. The molecule has 2 rings (SSSR count). The minimum atomic E-state index is -0.431. The second-order valence-corrected chi connectivity index (χ2v) is 5.53. The van der Waals surface area contributed by atoms with Crippen molar-refractivity contribution in [2.75, 3.05) is 6.61 Å². The number of aromatic amines is 1. The Balaban J connectivity index is 2.10. The molecule has 0 radical (unpaired) electrons. The maximum absolute atomic E-state index is 11.6. The Kier molecular flexibility index (Phi) is 4.07. The minimum absolute atomic E-state index is 0.0449. The van der Waals surface area contributed by atoms with Crippen molar-refractivity contribution in [1.29, 1.82) is 0 Å². The zero-order chi connectivity index (χ0) is 13.1. The molecular weight excluding hydrogens is 256 g/mol. The van der Waals surface area contributed by atoms with Crippen LogP contribution in [0, 0.1) is 0 Å². The van der Waals surface area contributed by atoms with Crippen molar-refractivity contribution in [2.24, 2.45) is 5.73 Å². The maximum Gasteiger partial charge on any atom is 0.344 e. The number of carbonyl (C=O) groups excluding carboxylic acids is 1. The molecule has 0 aromatic carbocycles. The molecule has 1 fully saturated rings. The van der Waals surface area contributed by atoms with Gasteiger partial charge in [-0.15, -0.1) is 5.10 Å². The third kappa shape index (κ3) is 2.94. The monoisotopic (exact) mass is 272 g/mol. The van der Waals surface area contributed by atoms with Gasteiger partial charge < -0.3 is 10.5 Å². The largest absolute Gasteiger partial charge is 0.376 e. The smallest absolute Gasteiger partial charge is 0.344 e. The van der Waals surface area contributed by atoms with E-state index >= 15 is 0 Å². The zero-order valence-corrected chi connectivity index (χ0v) is 10.9. The van der Waals surface area contributed by atoms with Crippen LogP contribution >= 0.6 is 11.8 Å². The molecule has 1 aromatic rings. The van der Waals surface area contributed by atoms with E-state index in [1.165, 1.54) is 16.3 Å². The molecule has 100 valence electrons. The number of primary amides is 1. The predicted molar refractivity (Wildman–Crippen MR) is 66.3 cm³/mol. The highest BCUT2D eigenvalue weighted by Crippen LogP contribution is 2.21. The van der Waals surface area contributed by atoms with Crippen LogP contribution in [-0.2, 0) is 16.1 Å². The maximum atomic E-state index is 11.6. The second-order valence-electron chi connectivity index (χ2n) is 4.22. The van der Waals surface area contributed by atoms with E-state index in [-0.39, 0.29) is 11.8 Å². The highest BCUT2D eigenvalue weighted by molar-refractivity contribution is 8.00. The normalized spacial score (nSPS) is 21.1. The lowest BCUT2D eigenvalue weighted by Gasteiger charge is -2.12. The highest BCUT2D eigenvalue weighted by atomic mass is 32.2. The van der Waals surface area contributed by atoms with Crippen LogP contribution in [0.4, 0.5) is 0 Å². The molecule has 2 atom stereocenters. The van der Waals surface area contributed by atoms with Crippen molar-refractivity contribution in [3.63, 3.8) is 0 Å². The van der Waals surface area contributed by atoms with Crippen molar-refractivity contribution < 1.29 is 9.53 Å². The molecule has 0 spiro atoms. The van der Waals surface area contributed by atoms with Crippen LogP contribution in [0.2, 0.25) is 0 Å². The first-order chi connectivity index (χ1) is 8.58. The summed E-state index contributed by atoms with van der Waals surface area (Å²) in [5.74, 6) is -0.431. The highest BCUT2D eigenvalue weighted by Gasteiger charge is 2.21. The molecule has 0 aliphatic carbocycles. The van der Waals surface area contributed by atoms with Gasteiger partial charge in [0.2, 0.25) is 5.91 Å².